The van der Waals surface area contributed by atoms with Crippen LogP contribution in [0.4, 0.5) is 0 Å². The van der Waals surface area contributed by atoms with Crippen molar-refractivity contribution in [3.05, 3.63) is 115 Å². The molecule has 0 radical (unpaired) electrons. The predicted molar refractivity (Wildman–Crippen MR) is 123 cm³/mol. The predicted octanol–water partition coefficient (Wildman–Crippen LogP) is 7.76. The van der Waals surface area contributed by atoms with E-state index >= 15 is 0 Å². The second-order valence-electron chi connectivity index (χ2n) is 6.77. The lowest BCUT2D eigenvalue weighted by Crippen LogP contribution is -2.03. The first-order valence-corrected chi connectivity index (χ1v) is 10.8. The second-order valence-corrected chi connectivity index (χ2v) is 7.76. The third-order valence-corrected chi connectivity index (χ3v) is 5.82. The Morgan fingerprint density at radius 1 is 0.400 bits per heavy atom. The molecule has 0 aliphatic carbocycles. The van der Waals surface area contributed by atoms with Gasteiger partial charge in [0.15, 0.2) is 0 Å². The highest BCUT2D eigenvalue weighted by molar-refractivity contribution is 7.43. The summed E-state index contributed by atoms with van der Waals surface area (Å²) in [5.41, 5.74) is 0. The van der Waals surface area contributed by atoms with Crippen molar-refractivity contribution in [2.45, 2.75) is 0 Å². The topological polar surface area (TPSA) is 27.7 Å². The van der Waals surface area contributed by atoms with Crippen LogP contribution in [0.1, 0.15) is 0 Å². The standard InChI is InChI=1S/C26H19O3P/c1-2-14-22(15-3-1)27-30(28-25-18-8-12-20-10-4-6-16-23(20)25)29-26-19-9-13-21-11-5-7-17-24(21)26/h1-19H. The van der Waals surface area contributed by atoms with Crippen molar-refractivity contribution >= 4 is 30.1 Å². The first kappa shape index (κ1) is 18.5. The summed E-state index contributed by atoms with van der Waals surface area (Å²) in [6, 6.07) is 37.8. The maximum absolute atomic E-state index is 6.30. The smallest absolute Gasteiger partial charge is 0.409 e. The Labute approximate surface area is 176 Å². The lowest BCUT2D eigenvalue weighted by Gasteiger charge is -2.19. The SMILES string of the molecule is c1ccc(OP(Oc2cccc3ccccc23)Oc2cccc3ccccc23)cc1. The van der Waals surface area contributed by atoms with Crippen LogP contribution in [0.2, 0.25) is 0 Å². The van der Waals surface area contributed by atoms with E-state index in [0.717, 1.165) is 33.0 Å². The summed E-state index contributed by atoms with van der Waals surface area (Å²) in [7, 11) is -1.74. The molecule has 146 valence electrons. The Hall–Kier alpha value is -3.55. The molecule has 0 spiro atoms. The van der Waals surface area contributed by atoms with E-state index in [-0.39, 0.29) is 0 Å². The molecule has 0 amide bonds. The largest absolute Gasteiger partial charge is 0.530 e. The van der Waals surface area contributed by atoms with Crippen LogP contribution in [-0.4, -0.2) is 0 Å². The van der Waals surface area contributed by atoms with Crippen molar-refractivity contribution in [1.29, 1.82) is 0 Å². The number of fused-ring (bicyclic) bond motifs is 2. The minimum Gasteiger partial charge on any atom is -0.409 e. The van der Waals surface area contributed by atoms with Crippen LogP contribution in [0.15, 0.2) is 115 Å². The molecule has 3 nitrogen and oxygen atoms in total. The zero-order valence-electron chi connectivity index (χ0n) is 16.1. The molecule has 0 saturated heterocycles. The molecule has 5 rings (SSSR count). The van der Waals surface area contributed by atoms with Crippen LogP contribution in [0.5, 0.6) is 17.2 Å². The van der Waals surface area contributed by atoms with Crippen LogP contribution in [-0.2, 0) is 0 Å². The third kappa shape index (κ3) is 3.94. The molecule has 0 heterocycles. The van der Waals surface area contributed by atoms with Gasteiger partial charge in [0.25, 0.3) is 0 Å². The fraction of sp³-hybridized carbons (Fsp3) is 0. The molecule has 0 aliphatic heterocycles. The molecule has 0 aromatic heterocycles. The normalized spacial score (nSPS) is 11.0. The molecule has 5 aromatic rings. The molecule has 0 unspecified atom stereocenters. The molecular formula is C26H19O3P. The van der Waals surface area contributed by atoms with Crippen LogP contribution < -0.4 is 13.6 Å². The monoisotopic (exact) mass is 410 g/mol. The number of benzene rings is 5. The van der Waals surface area contributed by atoms with Crippen LogP contribution >= 0.6 is 8.60 Å². The number of para-hydroxylation sites is 1. The Bertz CT molecular complexity index is 1200. The fourth-order valence-electron chi connectivity index (χ4n) is 3.33. The van der Waals surface area contributed by atoms with Gasteiger partial charge in [0.2, 0.25) is 0 Å². The van der Waals surface area contributed by atoms with E-state index in [2.05, 4.69) is 24.3 Å². The van der Waals surface area contributed by atoms with Crippen LogP contribution in [0, 0.1) is 0 Å². The molecule has 0 aliphatic rings. The highest BCUT2D eigenvalue weighted by Crippen LogP contribution is 2.45. The van der Waals surface area contributed by atoms with Crippen LogP contribution in [0.25, 0.3) is 21.5 Å². The van der Waals surface area contributed by atoms with E-state index in [0.29, 0.717) is 5.75 Å². The lowest BCUT2D eigenvalue weighted by molar-refractivity contribution is 0.391. The molecule has 0 saturated carbocycles. The van der Waals surface area contributed by atoms with Crippen LogP contribution in [0.3, 0.4) is 0 Å². The summed E-state index contributed by atoms with van der Waals surface area (Å²) < 4.78 is 18.8. The Morgan fingerprint density at radius 2 is 0.867 bits per heavy atom. The third-order valence-electron chi connectivity index (χ3n) is 4.77. The van der Waals surface area contributed by atoms with Gasteiger partial charge >= 0.3 is 8.60 Å². The van der Waals surface area contributed by atoms with E-state index in [1.54, 1.807) is 0 Å². The van der Waals surface area contributed by atoms with Gasteiger partial charge in [-0.1, -0.05) is 91.0 Å². The minimum absolute atomic E-state index is 0.698. The van der Waals surface area contributed by atoms with Gasteiger partial charge in [-0.05, 0) is 35.0 Å². The minimum atomic E-state index is -1.74. The van der Waals surface area contributed by atoms with Crippen molar-refractivity contribution < 1.29 is 13.6 Å². The number of rotatable bonds is 6. The Morgan fingerprint density at radius 3 is 1.43 bits per heavy atom. The van der Waals surface area contributed by atoms with Gasteiger partial charge in [0.1, 0.15) is 17.2 Å². The van der Waals surface area contributed by atoms with E-state index in [1.165, 1.54) is 0 Å². The quantitative estimate of drug-likeness (QED) is 0.268. The average molecular weight is 410 g/mol. The van der Waals surface area contributed by atoms with Gasteiger partial charge in [-0.3, -0.25) is 0 Å². The van der Waals surface area contributed by atoms with E-state index in [1.807, 2.05) is 91.0 Å². The first-order valence-electron chi connectivity index (χ1n) is 9.71. The Kier molecular flexibility index (Phi) is 5.20. The summed E-state index contributed by atoms with van der Waals surface area (Å²) in [4.78, 5) is 0. The van der Waals surface area contributed by atoms with Crippen molar-refractivity contribution in [3.8, 4) is 17.2 Å². The van der Waals surface area contributed by atoms with Gasteiger partial charge in [-0.15, -0.1) is 0 Å². The summed E-state index contributed by atoms with van der Waals surface area (Å²) in [6.45, 7) is 0. The van der Waals surface area contributed by atoms with E-state index in [9.17, 15) is 0 Å². The van der Waals surface area contributed by atoms with E-state index in [4.69, 9.17) is 13.6 Å². The zero-order chi connectivity index (χ0) is 20.2. The van der Waals surface area contributed by atoms with Gasteiger partial charge in [0, 0.05) is 10.8 Å². The number of hydrogen-bond acceptors (Lipinski definition) is 3. The molecule has 4 heteroatoms. The first-order chi connectivity index (χ1) is 14.9. The summed E-state index contributed by atoms with van der Waals surface area (Å²) >= 11 is 0. The summed E-state index contributed by atoms with van der Waals surface area (Å²) in [6.07, 6.45) is 0. The molecular weight excluding hydrogens is 391 g/mol. The second kappa shape index (κ2) is 8.44. The van der Waals surface area contributed by atoms with Crippen molar-refractivity contribution in [1.82, 2.24) is 0 Å². The molecule has 0 N–H and O–H groups in total. The fourth-order valence-corrected chi connectivity index (χ4v) is 4.38. The molecule has 5 aromatic carbocycles. The van der Waals surface area contributed by atoms with Gasteiger partial charge in [-0.25, -0.2) is 0 Å². The van der Waals surface area contributed by atoms with E-state index < -0.39 is 8.60 Å². The zero-order valence-corrected chi connectivity index (χ0v) is 17.0. The summed E-state index contributed by atoms with van der Waals surface area (Å²) in [5, 5.41) is 4.25. The molecule has 0 atom stereocenters. The Balaban J connectivity index is 1.51. The van der Waals surface area contributed by atoms with Gasteiger partial charge in [-0.2, -0.15) is 0 Å². The lowest BCUT2D eigenvalue weighted by atomic mass is 10.1. The number of hydrogen-bond donors (Lipinski definition) is 0. The molecule has 30 heavy (non-hydrogen) atoms. The maximum Gasteiger partial charge on any atom is 0.530 e. The average Bonchev–Trinajstić information content (AvgIpc) is 2.80. The van der Waals surface area contributed by atoms with Gasteiger partial charge < -0.3 is 13.6 Å². The van der Waals surface area contributed by atoms with Crippen molar-refractivity contribution in [2.75, 3.05) is 0 Å². The highest BCUT2D eigenvalue weighted by atomic mass is 31.2. The molecule has 0 bridgehead atoms. The molecule has 0 fully saturated rings. The summed E-state index contributed by atoms with van der Waals surface area (Å²) in [5.74, 6) is 2.16. The van der Waals surface area contributed by atoms with Gasteiger partial charge in [0.05, 0.1) is 0 Å². The van der Waals surface area contributed by atoms with Crippen molar-refractivity contribution in [3.63, 3.8) is 0 Å². The highest BCUT2D eigenvalue weighted by Gasteiger charge is 2.21. The van der Waals surface area contributed by atoms with Crippen molar-refractivity contribution in [2.24, 2.45) is 0 Å². The maximum atomic E-state index is 6.30.